The summed E-state index contributed by atoms with van der Waals surface area (Å²) in [5.41, 5.74) is 7.18. The molecule has 0 amide bonds. The zero-order valence-corrected chi connectivity index (χ0v) is 7.20. The van der Waals surface area contributed by atoms with E-state index in [2.05, 4.69) is 31.2 Å². The second-order valence-electron chi connectivity index (χ2n) is 3.45. The molecule has 2 N–H and O–H groups in total. The van der Waals surface area contributed by atoms with Crippen LogP contribution in [0.1, 0.15) is 12.5 Å². The molecule has 0 aromatic heterocycles. The van der Waals surface area contributed by atoms with Crippen LogP contribution < -0.4 is 5.73 Å². The van der Waals surface area contributed by atoms with Gasteiger partial charge in [0, 0.05) is 0 Å². The first-order valence-electron chi connectivity index (χ1n) is 4.27. The molecule has 0 saturated heterocycles. The highest BCUT2D eigenvalue weighted by atomic mass is 14.8. The number of rotatable bonds is 1. The van der Waals surface area contributed by atoms with Crippen molar-refractivity contribution in [2.24, 2.45) is 11.7 Å². The lowest BCUT2D eigenvalue weighted by Gasteiger charge is -2.38. The van der Waals surface area contributed by atoms with Gasteiger partial charge in [-0.05, 0) is 11.5 Å². The van der Waals surface area contributed by atoms with E-state index in [0.29, 0.717) is 5.92 Å². The summed E-state index contributed by atoms with van der Waals surface area (Å²) in [6.07, 6.45) is 4.22. The minimum atomic E-state index is -0.207. The van der Waals surface area contributed by atoms with Gasteiger partial charge in [0.1, 0.15) is 0 Å². The van der Waals surface area contributed by atoms with Crippen LogP contribution in [0.25, 0.3) is 0 Å². The molecule has 0 bridgehead atoms. The molecule has 2 unspecified atom stereocenters. The van der Waals surface area contributed by atoms with Crippen LogP contribution in [0.2, 0.25) is 0 Å². The zero-order chi connectivity index (χ0) is 8.60. The van der Waals surface area contributed by atoms with Crippen LogP contribution in [-0.4, -0.2) is 0 Å². The Labute approximate surface area is 72.9 Å². The Hall–Kier alpha value is -1.08. The van der Waals surface area contributed by atoms with E-state index in [-0.39, 0.29) is 5.54 Å². The molecule has 1 aromatic rings. The Morgan fingerprint density at radius 2 is 1.92 bits per heavy atom. The predicted octanol–water partition coefficient (Wildman–Crippen LogP) is 2.05. The molecule has 1 aliphatic rings. The minimum Gasteiger partial charge on any atom is -0.318 e. The van der Waals surface area contributed by atoms with Crippen LogP contribution in [0.3, 0.4) is 0 Å². The van der Waals surface area contributed by atoms with E-state index in [9.17, 15) is 0 Å². The average Bonchev–Trinajstić information content (AvgIpc) is 2.16. The minimum absolute atomic E-state index is 0.207. The van der Waals surface area contributed by atoms with Crippen LogP contribution in [0, 0.1) is 5.92 Å². The zero-order valence-electron chi connectivity index (χ0n) is 7.20. The van der Waals surface area contributed by atoms with Gasteiger partial charge >= 0.3 is 0 Å². The van der Waals surface area contributed by atoms with E-state index in [1.807, 2.05) is 18.2 Å². The van der Waals surface area contributed by atoms with Crippen LogP contribution in [0.5, 0.6) is 0 Å². The van der Waals surface area contributed by atoms with Crippen molar-refractivity contribution in [3.05, 3.63) is 48.0 Å². The summed E-state index contributed by atoms with van der Waals surface area (Å²) < 4.78 is 0. The van der Waals surface area contributed by atoms with Gasteiger partial charge in [-0.15, -0.1) is 0 Å². The third kappa shape index (κ3) is 0.901. The molecular weight excluding hydrogens is 146 g/mol. The van der Waals surface area contributed by atoms with Crippen molar-refractivity contribution in [2.45, 2.75) is 12.5 Å². The van der Waals surface area contributed by atoms with Gasteiger partial charge in [-0.2, -0.15) is 0 Å². The van der Waals surface area contributed by atoms with Crippen LogP contribution in [-0.2, 0) is 5.54 Å². The van der Waals surface area contributed by atoms with Crippen LogP contribution >= 0.6 is 0 Å². The first-order valence-corrected chi connectivity index (χ1v) is 4.27. The van der Waals surface area contributed by atoms with E-state index in [1.54, 1.807) is 0 Å². The highest BCUT2D eigenvalue weighted by Crippen LogP contribution is 2.36. The molecule has 0 aliphatic heterocycles. The average molecular weight is 159 g/mol. The topological polar surface area (TPSA) is 26.0 Å². The fraction of sp³-hybridized carbons (Fsp3) is 0.273. The first kappa shape index (κ1) is 7.56. The summed E-state index contributed by atoms with van der Waals surface area (Å²) in [5, 5.41) is 0. The SMILES string of the molecule is CC1C=CC1(N)c1ccccc1. The number of hydrogen-bond acceptors (Lipinski definition) is 1. The van der Waals surface area contributed by atoms with Crippen molar-refractivity contribution in [3.8, 4) is 0 Å². The lowest BCUT2D eigenvalue weighted by Crippen LogP contribution is -2.45. The Balaban J connectivity index is 2.38. The molecule has 1 aromatic carbocycles. The Morgan fingerprint density at radius 1 is 1.25 bits per heavy atom. The lowest BCUT2D eigenvalue weighted by atomic mass is 9.72. The monoisotopic (exact) mass is 159 g/mol. The Morgan fingerprint density at radius 3 is 2.33 bits per heavy atom. The van der Waals surface area contributed by atoms with E-state index in [1.165, 1.54) is 5.56 Å². The lowest BCUT2D eigenvalue weighted by molar-refractivity contribution is 0.389. The first-order chi connectivity index (χ1) is 5.73. The van der Waals surface area contributed by atoms with Crippen molar-refractivity contribution >= 4 is 0 Å². The molecule has 2 rings (SSSR count). The van der Waals surface area contributed by atoms with Gasteiger partial charge in [0.25, 0.3) is 0 Å². The van der Waals surface area contributed by atoms with E-state index < -0.39 is 0 Å². The van der Waals surface area contributed by atoms with Crippen molar-refractivity contribution in [1.82, 2.24) is 0 Å². The summed E-state index contributed by atoms with van der Waals surface area (Å²) >= 11 is 0. The maximum Gasteiger partial charge on any atom is 0.0656 e. The molecule has 1 aliphatic carbocycles. The smallest absolute Gasteiger partial charge is 0.0656 e. The summed E-state index contributed by atoms with van der Waals surface area (Å²) in [6, 6.07) is 10.2. The molecule has 0 fully saturated rings. The van der Waals surface area contributed by atoms with E-state index in [4.69, 9.17) is 5.73 Å². The second kappa shape index (κ2) is 2.46. The standard InChI is InChI=1S/C11H13N/c1-9-7-8-11(9,12)10-5-3-2-4-6-10/h2-9H,12H2,1H3. The molecule has 2 atom stereocenters. The van der Waals surface area contributed by atoms with Crippen molar-refractivity contribution in [1.29, 1.82) is 0 Å². The number of benzene rings is 1. The van der Waals surface area contributed by atoms with Gasteiger partial charge in [-0.3, -0.25) is 0 Å². The quantitative estimate of drug-likeness (QED) is 0.623. The van der Waals surface area contributed by atoms with Gasteiger partial charge in [-0.1, -0.05) is 49.4 Å². The molecule has 1 nitrogen and oxygen atoms in total. The van der Waals surface area contributed by atoms with E-state index >= 15 is 0 Å². The maximum absolute atomic E-state index is 6.18. The summed E-state index contributed by atoms with van der Waals surface area (Å²) in [4.78, 5) is 0. The Kier molecular flexibility index (Phi) is 1.55. The summed E-state index contributed by atoms with van der Waals surface area (Å²) in [6.45, 7) is 2.15. The number of nitrogens with two attached hydrogens (primary N) is 1. The van der Waals surface area contributed by atoms with Gasteiger partial charge in [0.15, 0.2) is 0 Å². The highest BCUT2D eigenvalue weighted by molar-refractivity contribution is 5.37. The molecular formula is C11H13N. The fourth-order valence-corrected chi connectivity index (χ4v) is 1.58. The van der Waals surface area contributed by atoms with Crippen molar-refractivity contribution in [3.63, 3.8) is 0 Å². The highest BCUT2D eigenvalue weighted by Gasteiger charge is 2.35. The van der Waals surface area contributed by atoms with Crippen molar-refractivity contribution in [2.75, 3.05) is 0 Å². The predicted molar refractivity (Wildman–Crippen MR) is 50.6 cm³/mol. The van der Waals surface area contributed by atoms with Crippen LogP contribution in [0.15, 0.2) is 42.5 Å². The number of hydrogen-bond donors (Lipinski definition) is 1. The summed E-state index contributed by atoms with van der Waals surface area (Å²) in [5.74, 6) is 0.458. The van der Waals surface area contributed by atoms with E-state index in [0.717, 1.165) is 0 Å². The van der Waals surface area contributed by atoms with Crippen molar-refractivity contribution < 1.29 is 0 Å². The maximum atomic E-state index is 6.18. The fourth-order valence-electron chi connectivity index (χ4n) is 1.58. The molecule has 12 heavy (non-hydrogen) atoms. The molecule has 62 valence electrons. The normalized spacial score (nSPS) is 33.0. The molecule has 0 saturated carbocycles. The van der Waals surface area contributed by atoms with Gasteiger partial charge in [0.05, 0.1) is 5.54 Å². The Bertz CT molecular complexity index is 302. The van der Waals surface area contributed by atoms with Gasteiger partial charge < -0.3 is 5.73 Å². The molecule has 0 heterocycles. The molecule has 1 heteroatoms. The third-order valence-corrected chi connectivity index (χ3v) is 2.69. The van der Waals surface area contributed by atoms with Gasteiger partial charge in [-0.25, -0.2) is 0 Å². The van der Waals surface area contributed by atoms with Gasteiger partial charge in [0.2, 0.25) is 0 Å². The molecule has 0 radical (unpaired) electrons. The third-order valence-electron chi connectivity index (χ3n) is 2.69. The van der Waals surface area contributed by atoms with Crippen LogP contribution in [0.4, 0.5) is 0 Å². The molecule has 0 spiro atoms. The largest absolute Gasteiger partial charge is 0.318 e. The second-order valence-corrected chi connectivity index (χ2v) is 3.45. The summed E-state index contributed by atoms with van der Waals surface area (Å²) in [7, 11) is 0.